The summed E-state index contributed by atoms with van der Waals surface area (Å²) in [6.07, 6.45) is 3.52. The van der Waals surface area contributed by atoms with Gasteiger partial charge in [-0.15, -0.1) is 0 Å². The third-order valence-corrected chi connectivity index (χ3v) is 5.57. The highest BCUT2D eigenvalue weighted by Gasteiger charge is 2.43. The number of methoxy groups -OCH3 is 1. The molecule has 2 fully saturated rings. The van der Waals surface area contributed by atoms with Gasteiger partial charge in [-0.05, 0) is 18.2 Å². The molecule has 2 aromatic rings. The van der Waals surface area contributed by atoms with Gasteiger partial charge in [0.2, 0.25) is 0 Å². The van der Waals surface area contributed by atoms with Crippen LogP contribution < -0.4 is 10.1 Å². The SMILES string of the molecule is COc1ccccc1CN1C[C@@H]2[C@@H](CNC(=O)c3ccncc3)CO[C@@H]2C1. The summed E-state index contributed by atoms with van der Waals surface area (Å²) in [5.41, 5.74) is 1.84. The number of aromatic nitrogens is 1. The summed E-state index contributed by atoms with van der Waals surface area (Å²) in [5.74, 6) is 1.68. The largest absolute Gasteiger partial charge is 0.496 e. The summed E-state index contributed by atoms with van der Waals surface area (Å²) >= 11 is 0. The maximum atomic E-state index is 12.3. The van der Waals surface area contributed by atoms with E-state index in [1.54, 1.807) is 31.6 Å². The molecule has 3 heterocycles. The van der Waals surface area contributed by atoms with E-state index in [2.05, 4.69) is 21.3 Å². The van der Waals surface area contributed by atoms with E-state index in [1.807, 2.05) is 18.2 Å². The van der Waals surface area contributed by atoms with Gasteiger partial charge in [-0.25, -0.2) is 0 Å². The van der Waals surface area contributed by atoms with Gasteiger partial charge in [-0.2, -0.15) is 0 Å². The standard InChI is InChI=1S/C21H25N3O3/c1-26-19-5-3-2-4-16(19)11-24-12-18-17(14-27-20(18)13-24)10-23-21(25)15-6-8-22-9-7-15/h2-9,17-18,20H,10-14H2,1H3,(H,23,25)/t17-,18+,20+/m0/s1. The Morgan fingerprint density at radius 3 is 2.89 bits per heavy atom. The summed E-state index contributed by atoms with van der Waals surface area (Å²) in [6, 6.07) is 11.6. The fourth-order valence-corrected chi connectivity index (χ4v) is 4.12. The summed E-state index contributed by atoms with van der Waals surface area (Å²) < 4.78 is 11.5. The molecule has 1 amide bonds. The molecule has 3 atom stereocenters. The van der Waals surface area contributed by atoms with E-state index in [-0.39, 0.29) is 12.0 Å². The van der Waals surface area contributed by atoms with Crippen LogP contribution in [-0.4, -0.2) is 55.2 Å². The normalized spacial score (nSPS) is 24.6. The number of nitrogens with one attached hydrogen (secondary N) is 1. The van der Waals surface area contributed by atoms with Gasteiger partial charge in [0.05, 0.1) is 19.8 Å². The van der Waals surface area contributed by atoms with Gasteiger partial charge < -0.3 is 14.8 Å². The van der Waals surface area contributed by atoms with Crippen LogP contribution in [0.1, 0.15) is 15.9 Å². The van der Waals surface area contributed by atoms with Gasteiger partial charge in [0.25, 0.3) is 5.91 Å². The van der Waals surface area contributed by atoms with Crippen molar-refractivity contribution in [2.24, 2.45) is 11.8 Å². The molecule has 2 saturated heterocycles. The Bertz CT molecular complexity index is 783. The number of carbonyl (C=O) groups is 1. The third kappa shape index (κ3) is 3.96. The zero-order valence-electron chi connectivity index (χ0n) is 15.5. The first-order chi connectivity index (χ1) is 13.2. The van der Waals surface area contributed by atoms with Crippen LogP contribution in [0.3, 0.4) is 0 Å². The Kier molecular flexibility index (Phi) is 5.36. The predicted octanol–water partition coefficient (Wildman–Crippen LogP) is 1.97. The highest BCUT2D eigenvalue weighted by molar-refractivity contribution is 5.93. The first-order valence-electron chi connectivity index (χ1n) is 9.38. The maximum absolute atomic E-state index is 12.3. The van der Waals surface area contributed by atoms with Gasteiger partial charge in [0, 0.05) is 61.5 Å². The van der Waals surface area contributed by atoms with Crippen LogP contribution in [0.5, 0.6) is 5.75 Å². The van der Waals surface area contributed by atoms with Gasteiger partial charge in [0.1, 0.15) is 5.75 Å². The van der Waals surface area contributed by atoms with E-state index in [0.29, 0.717) is 30.6 Å². The van der Waals surface area contributed by atoms with E-state index in [4.69, 9.17) is 9.47 Å². The van der Waals surface area contributed by atoms with Crippen molar-refractivity contribution in [1.82, 2.24) is 15.2 Å². The highest BCUT2D eigenvalue weighted by atomic mass is 16.5. The molecular formula is C21H25N3O3. The number of carbonyl (C=O) groups excluding carboxylic acids is 1. The Morgan fingerprint density at radius 2 is 2.07 bits per heavy atom. The van der Waals surface area contributed by atoms with E-state index >= 15 is 0 Å². The number of nitrogens with zero attached hydrogens (tertiary/aromatic N) is 2. The molecule has 6 heteroatoms. The summed E-state index contributed by atoms with van der Waals surface area (Å²) in [6.45, 7) is 4.13. The van der Waals surface area contributed by atoms with Crippen molar-refractivity contribution in [1.29, 1.82) is 0 Å². The topological polar surface area (TPSA) is 63.7 Å². The molecule has 0 radical (unpaired) electrons. The van der Waals surface area contributed by atoms with Crippen molar-refractivity contribution < 1.29 is 14.3 Å². The first kappa shape index (κ1) is 17.9. The Labute approximate surface area is 159 Å². The van der Waals surface area contributed by atoms with Crippen molar-refractivity contribution in [2.75, 3.05) is 33.4 Å². The van der Waals surface area contributed by atoms with Crippen molar-refractivity contribution in [3.8, 4) is 5.75 Å². The van der Waals surface area contributed by atoms with Gasteiger partial charge >= 0.3 is 0 Å². The molecule has 0 aliphatic carbocycles. The number of benzene rings is 1. The number of pyridine rings is 1. The average Bonchev–Trinajstić information content (AvgIpc) is 3.27. The number of para-hydroxylation sites is 1. The van der Waals surface area contributed by atoms with Gasteiger partial charge in [-0.3, -0.25) is 14.7 Å². The Hall–Kier alpha value is -2.44. The lowest BCUT2D eigenvalue weighted by molar-refractivity contribution is 0.0903. The molecule has 27 heavy (non-hydrogen) atoms. The predicted molar refractivity (Wildman–Crippen MR) is 102 cm³/mol. The van der Waals surface area contributed by atoms with E-state index in [1.165, 1.54) is 5.56 Å². The number of ether oxygens (including phenoxy) is 2. The second-order valence-electron chi connectivity index (χ2n) is 7.25. The fraction of sp³-hybridized carbons (Fsp3) is 0.429. The number of hydrogen-bond acceptors (Lipinski definition) is 5. The van der Waals surface area contributed by atoms with Gasteiger partial charge in [0.15, 0.2) is 0 Å². The zero-order chi connectivity index (χ0) is 18.6. The number of hydrogen-bond donors (Lipinski definition) is 1. The molecular weight excluding hydrogens is 342 g/mol. The fourth-order valence-electron chi connectivity index (χ4n) is 4.12. The second kappa shape index (κ2) is 8.06. The molecule has 0 unspecified atom stereocenters. The minimum atomic E-state index is -0.0512. The first-order valence-corrected chi connectivity index (χ1v) is 9.38. The minimum absolute atomic E-state index is 0.0512. The number of likely N-dealkylation sites (tertiary alicyclic amines) is 1. The van der Waals surface area contributed by atoms with Crippen molar-refractivity contribution in [3.63, 3.8) is 0 Å². The molecule has 0 saturated carbocycles. The number of amides is 1. The molecule has 1 N–H and O–H groups in total. The summed E-state index contributed by atoms with van der Waals surface area (Å²) in [4.78, 5) is 18.6. The Balaban J connectivity index is 1.32. The van der Waals surface area contributed by atoms with Crippen LogP contribution in [0, 0.1) is 11.8 Å². The molecule has 0 bridgehead atoms. The smallest absolute Gasteiger partial charge is 0.251 e. The van der Waals surface area contributed by atoms with Gasteiger partial charge in [-0.1, -0.05) is 18.2 Å². The zero-order valence-corrected chi connectivity index (χ0v) is 15.5. The van der Waals surface area contributed by atoms with E-state index < -0.39 is 0 Å². The van der Waals surface area contributed by atoms with E-state index in [0.717, 1.165) is 25.4 Å². The van der Waals surface area contributed by atoms with E-state index in [9.17, 15) is 4.79 Å². The van der Waals surface area contributed by atoms with Crippen LogP contribution in [0.25, 0.3) is 0 Å². The molecule has 142 valence electrons. The lowest BCUT2D eigenvalue weighted by Gasteiger charge is -2.21. The number of fused-ring (bicyclic) bond motifs is 1. The average molecular weight is 367 g/mol. The lowest BCUT2D eigenvalue weighted by Crippen LogP contribution is -2.34. The molecule has 0 spiro atoms. The quantitative estimate of drug-likeness (QED) is 0.846. The maximum Gasteiger partial charge on any atom is 0.251 e. The molecule has 2 aliphatic heterocycles. The summed E-state index contributed by atoms with van der Waals surface area (Å²) in [5, 5.41) is 3.05. The van der Waals surface area contributed by atoms with Crippen LogP contribution >= 0.6 is 0 Å². The minimum Gasteiger partial charge on any atom is -0.496 e. The molecule has 1 aromatic heterocycles. The van der Waals surface area contributed by atoms with Crippen molar-refractivity contribution in [2.45, 2.75) is 12.6 Å². The molecule has 4 rings (SSSR count). The van der Waals surface area contributed by atoms with Crippen molar-refractivity contribution >= 4 is 5.91 Å². The second-order valence-corrected chi connectivity index (χ2v) is 7.25. The highest BCUT2D eigenvalue weighted by Crippen LogP contribution is 2.34. The Morgan fingerprint density at radius 1 is 1.26 bits per heavy atom. The molecule has 1 aromatic carbocycles. The third-order valence-electron chi connectivity index (χ3n) is 5.57. The van der Waals surface area contributed by atoms with Crippen LogP contribution in [0.2, 0.25) is 0 Å². The number of rotatable bonds is 6. The molecule has 2 aliphatic rings. The van der Waals surface area contributed by atoms with Crippen LogP contribution in [0.4, 0.5) is 0 Å². The summed E-state index contributed by atoms with van der Waals surface area (Å²) in [7, 11) is 1.71. The molecule has 6 nitrogen and oxygen atoms in total. The van der Waals surface area contributed by atoms with Crippen LogP contribution in [0.15, 0.2) is 48.8 Å². The lowest BCUT2D eigenvalue weighted by atomic mass is 9.93. The van der Waals surface area contributed by atoms with Crippen molar-refractivity contribution in [3.05, 3.63) is 59.9 Å². The van der Waals surface area contributed by atoms with Crippen LogP contribution in [-0.2, 0) is 11.3 Å². The monoisotopic (exact) mass is 367 g/mol.